The molecule has 4 heteroatoms. The van der Waals surface area contributed by atoms with Gasteiger partial charge in [0.15, 0.2) is 0 Å². The molecule has 0 spiro atoms. The number of anilines is 1. The number of halogens is 1. The third-order valence-corrected chi connectivity index (χ3v) is 3.94. The first-order valence-corrected chi connectivity index (χ1v) is 6.97. The molecule has 0 aliphatic carbocycles. The van der Waals surface area contributed by atoms with E-state index < -0.39 is 0 Å². The molecule has 0 saturated carbocycles. The largest absolute Gasteiger partial charge is 0.389 e. The maximum absolute atomic E-state index is 14.2. The van der Waals surface area contributed by atoms with Crippen molar-refractivity contribution in [1.29, 1.82) is 0 Å². The Labute approximate surface area is 123 Å². The van der Waals surface area contributed by atoms with Crippen molar-refractivity contribution >= 4 is 22.9 Å². The van der Waals surface area contributed by atoms with Gasteiger partial charge in [0.05, 0.1) is 5.69 Å². The molecule has 1 aliphatic rings. The lowest BCUT2D eigenvalue weighted by molar-refractivity contribution is 0.610. The smallest absolute Gasteiger partial charge is 0.147 e. The molecule has 0 bridgehead atoms. The van der Waals surface area contributed by atoms with E-state index in [-0.39, 0.29) is 10.8 Å². The fourth-order valence-corrected chi connectivity index (χ4v) is 2.74. The van der Waals surface area contributed by atoms with Crippen molar-refractivity contribution in [3.05, 3.63) is 65.0 Å². The Morgan fingerprint density at radius 3 is 2.60 bits per heavy atom. The number of thiocarbonyl (C=S) groups is 1. The molecule has 2 aromatic rings. The van der Waals surface area contributed by atoms with Gasteiger partial charge >= 0.3 is 0 Å². The Morgan fingerprint density at radius 2 is 1.90 bits per heavy atom. The molecule has 2 N–H and O–H groups in total. The quantitative estimate of drug-likeness (QED) is 0.861. The van der Waals surface area contributed by atoms with Crippen molar-refractivity contribution in [3.63, 3.8) is 0 Å². The predicted molar refractivity (Wildman–Crippen MR) is 83.5 cm³/mol. The van der Waals surface area contributed by atoms with E-state index in [4.69, 9.17) is 18.0 Å². The molecule has 1 aliphatic heterocycles. The molecule has 0 unspecified atom stereocenters. The van der Waals surface area contributed by atoms with Gasteiger partial charge < -0.3 is 10.6 Å². The molecule has 102 valence electrons. The van der Waals surface area contributed by atoms with Crippen LogP contribution in [-0.2, 0) is 13.0 Å². The standard InChI is InChI=1S/C16H15FN2S/c17-14-9-12(16(18)20)5-6-15(14)19-8-7-11-3-1-2-4-13(11)10-19/h1-6,9H,7-8,10H2,(H2,18,20). The molecular weight excluding hydrogens is 271 g/mol. The van der Waals surface area contributed by atoms with Gasteiger partial charge in [0.1, 0.15) is 10.8 Å². The van der Waals surface area contributed by atoms with E-state index in [2.05, 4.69) is 17.0 Å². The highest BCUT2D eigenvalue weighted by atomic mass is 32.1. The number of rotatable bonds is 2. The van der Waals surface area contributed by atoms with Gasteiger partial charge in [0.25, 0.3) is 0 Å². The fraction of sp³-hybridized carbons (Fsp3) is 0.188. The Balaban J connectivity index is 1.90. The van der Waals surface area contributed by atoms with E-state index in [0.29, 0.717) is 11.3 Å². The van der Waals surface area contributed by atoms with Gasteiger partial charge in [-0.1, -0.05) is 36.5 Å². The summed E-state index contributed by atoms with van der Waals surface area (Å²) in [4.78, 5) is 2.28. The summed E-state index contributed by atoms with van der Waals surface area (Å²) >= 11 is 4.87. The molecule has 0 saturated heterocycles. The second-order valence-electron chi connectivity index (χ2n) is 4.97. The molecule has 0 atom stereocenters. The first kappa shape index (κ1) is 13.1. The van der Waals surface area contributed by atoms with E-state index in [1.54, 1.807) is 12.1 Å². The van der Waals surface area contributed by atoms with E-state index in [9.17, 15) is 4.39 Å². The van der Waals surface area contributed by atoms with Crippen LogP contribution in [0.5, 0.6) is 0 Å². The van der Waals surface area contributed by atoms with Gasteiger partial charge in [0.2, 0.25) is 0 Å². The van der Waals surface area contributed by atoms with Gasteiger partial charge in [-0.15, -0.1) is 0 Å². The number of hydrogen-bond donors (Lipinski definition) is 1. The predicted octanol–water partition coefficient (Wildman–Crippen LogP) is 3.02. The van der Waals surface area contributed by atoms with Crippen LogP contribution in [0.1, 0.15) is 16.7 Å². The Kier molecular flexibility index (Phi) is 3.40. The van der Waals surface area contributed by atoms with Crippen molar-refractivity contribution in [1.82, 2.24) is 0 Å². The lowest BCUT2D eigenvalue weighted by Crippen LogP contribution is -2.31. The zero-order valence-corrected chi connectivity index (χ0v) is 11.8. The maximum Gasteiger partial charge on any atom is 0.147 e. The minimum Gasteiger partial charge on any atom is -0.389 e. The molecule has 2 aromatic carbocycles. The average molecular weight is 286 g/mol. The van der Waals surface area contributed by atoms with Gasteiger partial charge in [-0.05, 0) is 35.7 Å². The van der Waals surface area contributed by atoms with E-state index in [0.717, 1.165) is 19.5 Å². The van der Waals surface area contributed by atoms with Crippen molar-refractivity contribution in [2.45, 2.75) is 13.0 Å². The van der Waals surface area contributed by atoms with Crippen molar-refractivity contribution in [3.8, 4) is 0 Å². The summed E-state index contributed by atoms with van der Waals surface area (Å²) in [6.45, 7) is 1.56. The summed E-state index contributed by atoms with van der Waals surface area (Å²) < 4.78 is 14.2. The van der Waals surface area contributed by atoms with Gasteiger partial charge in [-0.2, -0.15) is 0 Å². The van der Waals surface area contributed by atoms with Crippen LogP contribution >= 0.6 is 12.2 Å². The first-order chi connectivity index (χ1) is 9.65. The molecule has 3 rings (SSSR count). The summed E-state index contributed by atoms with van der Waals surface area (Å²) in [5.74, 6) is -0.269. The highest BCUT2D eigenvalue weighted by Gasteiger charge is 2.18. The number of nitrogens with two attached hydrogens (primary N) is 1. The Morgan fingerprint density at radius 1 is 1.15 bits per heavy atom. The molecule has 1 heterocycles. The third kappa shape index (κ3) is 2.39. The van der Waals surface area contributed by atoms with Crippen molar-refractivity contribution in [2.75, 3.05) is 11.4 Å². The van der Waals surface area contributed by atoms with Crippen LogP contribution in [0.3, 0.4) is 0 Å². The lowest BCUT2D eigenvalue weighted by atomic mass is 9.99. The number of benzene rings is 2. The van der Waals surface area contributed by atoms with E-state index >= 15 is 0 Å². The molecule has 0 amide bonds. The molecule has 0 fully saturated rings. The highest BCUT2D eigenvalue weighted by Crippen LogP contribution is 2.27. The number of fused-ring (bicyclic) bond motifs is 1. The SMILES string of the molecule is NC(=S)c1ccc(N2CCc3ccccc3C2)c(F)c1. The van der Waals surface area contributed by atoms with E-state index in [1.165, 1.54) is 17.2 Å². The van der Waals surface area contributed by atoms with Crippen LogP contribution in [0.25, 0.3) is 0 Å². The zero-order chi connectivity index (χ0) is 14.1. The van der Waals surface area contributed by atoms with Crippen LogP contribution in [-0.4, -0.2) is 11.5 Å². The molecule has 20 heavy (non-hydrogen) atoms. The third-order valence-electron chi connectivity index (χ3n) is 3.70. The monoisotopic (exact) mass is 286 g/mol. The van der Waals surface area contributed by atoms with Gasteiger partial charge in [0, 0.05) is 18.7 Å². The maximum atomic E-state index is 14.2. The van der Waals surface area contributed by atoms with Crippen LogP contribution in [0, 0.1) is 5.82 Å². The summed E-state index contributed by atoms with van der Waals surface area (Å²) in [7, 11) is 0. The van der Waals surface area contributed by atoms with Crippen molar-refractivity contribution < 1.29 is 4.39 Å². The highest BCUT2D eigenvalue weighted by molar-refractivity contribution is 7.80. The zero-order valence-electron chi connectivity index (χ0n) is 11.0. The molecular formula is C16H15FN2S. The number of nitrogens with zero attached hydrogens (tertiary/aromatic N) is 1. The van der Waals surface area contributed by atoms with Crippen LogP contribution in [0.15, 0.2) is 42.5 Å². The van der Waals surface area contributed by atoms with Crippen LogP contribution in [0.4, 0.5) is 10.1 Å². The summed E-state index contributed by atoms with van der Waals surface area (Å²) in [6.07, 6.45) is 0.937. The fourth-order valence-electron chi connectivity index (χ4n) is 2.62. The minimum atomic E-state index is -0.269. The van der Waals surface area contributed by atoms with Gasteiger partial charge in [-0.25, -0.2) is 4.39 Å². The number of hydrogen-bond acceptors (Lipinski definition) is 2. The minimum absolute atomic E-state index is 0.222. The molecule has 0 radical (unpaired) electrons. The first-order valence-electron chi connectivity index (χ1n) is 6.56. The Bertz CT molecular complexity index is 669. The normalized spacial score (nSPS) is 13.9. The lowest BCUT2D eigenvalue weighted by Gasteiger charge is -2.31. The molecule has 0 aromatic heterocycles. The second kappa shape index (κ2) is 5.21. The van der Waals surface area contributed by atoms with Gasteiger partial charge in [-0.3, -0.25) is 0 Å². The second-order valence-corrected chi connectivity index (χ2v) is 5.41. The van der Waals surface area contributed by atoms with Crippen LogP contribution < -0.4 is 10.6 Å². The average Bonchev–Trinajstić information content (AvgIpc) is 2.46. The van der Waals surface area contributed by atoms with Crippen LogP contribution in [0.2, 0.25) is 0 Å². The van der Waals surface area contributed by atoms with Crippen molar-refractivity contribution in [2.24, 2.45) is 5.73 Å². The Hall–Kier alpha value is -1.94. The summed E-state index contributed by atoms with van der Waals surface area (Å²) in [5.41, 5.74) is 9.32. The summed E-state index contributed by atoms with van der Waals surface area (Å²) in [6, 6.07) is 13.3. The topological polar surface area (TPSA) is 29.3 Å². The van der Waals surface area contributed by atoms with E-state index in [1.807, 2.05) is 12.1 Å². The summed E-state index contributed by atoms with van der Waals surface area (Å²) in [5, 5.41) is 0. The molecule has 2 nitrogen and oxygen atoms in total.